The third kappa shape index (κ3) is 4.69. The number of amides is 1. The van der Waals surface area contributed by atoms with Crippen molar-refractivity contribution in [2.75, 3.05) is 11.9 Å². The third-order valence-corrected chi connectivity index (χ3v) is 4.67. The molecule has 0 spiro atoms. The Morgan fingerprint density at radius 3 is 2.35 bits per heavy atom. The first-order valence-electron chi connectivity index (χ1n) is 8.89. The molecular formula is C21H23N3O2. The smallest absolute Gasteiger partial charge is 0.227 e. The van der Waals surface area contributed by atoms with Crippen LogP contribution < -0.4 is 10.6 Å². The summed E-state index contributed by atoms with van der Waals surface area (Å²) < 4.78 is 0. The minimum absolute atomic E-state index is 0.0659. The van der Waals surface area contributed by atoms with E-state index in [1.54, 1.807) is 24.3 Å². The fourth-order valence-electron chi connectivity index (χ4n) is 2.75. The number of carbonyl (C=O) groups is 1. The molecule has 2 unspecified atom stereocenters. The summed E-state index contributed by atoms with van der Waals surface area (Å²) in [5.74, 6) is 0.299. The molecule has 2 aromatic carbocycles. The summed E-state index contributed by atoms with van der Waals surface area (Å²) in [5.41, 5.74) is 3.26. The molecule has 5 heteroatoms. The Bertz CT molecular complexity index is 790. The van der Waals surface area contributed by atoms with Crippen LogP contribution in [0, 0.1) is 17.2 Å². The number of carbonyl (C=O) groups excluding carboxylic acids is 1. The largest absolute Gasteiger partial charge is 0.387 e. The van der Waals surface area contributed by atoms with Crippen molar-refractivity contribution < 1.29 is 9.90 Å². The molecular weight excluding hydrogens is 326 g/mol. The number of benzene rings is 2. The van der Waals surface area contributed by atoms with Crippen molar-refractivity contribution in [2.45, 2.75) is 31.9 Å². The molecule has 3 rings (SSSR count). The molecule has 134 valence electrons. The maximum absolute atomic E-state index is 11.8. The first kappa shape index (κ1) is 18.1. The number of aliphatic hydroxyl groups is 1. The molecule has 1 aliphatic carbocycles. The third-order valence-electron chi connectivity index (χ3n) is 4.67. The zero-order valence-corrected chi connectivity index (χ0v) is 14.8. The lowest BCUT2D eigenvalue weighted by molar-refractivity contribution is -0.117. The number of aliphatic hydroxyl groups excluding tert-OH is 1. The van der Waals surface area contributed by atoms with Crippen LogP contribution in [0.15, 0.2) is 48.5 Å². The number of hydrogen-bond donors (Lipinski definition) is 3. The summed E-state index contributed by atoms with van der Waals surface area (Å²) in [6.07, 6.45) is 1.35. The quantitative estimate of drug-likeness (QED) is 0.716. The van der Waals surface area contributed by atoms with E-state index in [4.69, 9.17) is 5.26 Å². The number of nitrogens with zero attached hydrogens (tertiary/aromatic N) is 1. The first-order valence-corrected chi connectivity index (χ1v) is 8.89. The molecule has 2 aromatic rings. The van der Waals surface area contributed by atoms with Gasteiger partial charge in [0, 0.05) is 24.2 Å². The molecule has 0 radical (unpaired) electrons. The molecule has 26 heavy (non-hydrogen) atoms. The van der Waals surface area contributed by atoms with Crippen LogP contribution in [-0.4, -0.2) is 17.6 Å². The van der Waals surface area contributed by atoms with Crippen LogP contribution >= 0.6 is 0 Å². The molecule has 0 saturated heterocycles. The lowest BCUT2D eigenvalue weighted by Crippen LogP contribution is -2.24. The van der Waals surface area contributed by atoms with E-state index in [0.717, 1.165) is 29.7 Å². The van der Waals surface area contributed by atoms with Crippen LogP contribution in [0.4, 0.5) is 5.69 Å². The van der Waals surface area contributed by atoms with E-state index >= 15 is 0 Å². The normalized spacial score (nSPS) is 15.7. The fourth-order valence-corrected chi connectivity index (χ4v) is 2.75. The van der Waals surface area contributed by atoms with E-state index in [9.17, 15) is 9.90 Å². The van der Waals surface area contributed by atoms with Gasteiger partial charge in [0.05, 0.1) is 17.7 Å². The van der Waals surface area contributed by atoms with Gasteiger partial charge in [0.1, 0.15) is 0 Å². The highest BCUT2D eigenvalue weighted by Gasteiger charge is 2.29. The highest BCUT2D eigenvalue weighted by molar-refractivity contribution is 5.94. The minimum Gasteiger partial charge on any atom is -0.387 e. The average molecular weight is 349 g/mol. The highest BCUT2D eigenvalue weighted by Crippen LogP contribution is 2.30. The molecule has 2 atom stereocenters. The zero-order valence-electron chi connectivity index (χ0n) is 14.8. The Kier molecular flexibility index (Phi) is 5.67. The minimum atomic E-state index is -0.637. The van der Waals surface area contributed by atoms with Gasteiger partial charge < -0.3 is 15.7 Å². The maximum Gasteiger partial charge on any atom is 0.227 e. The van der Waals surface area contributed by atoms with E-state index in [0.29, 0.717) is 12.1 Å². The molecule has 5 nitrogen and oxygen atoms in total. The summed E-state index contributed by atoms with van der Waals surface area (Å²) in [6.45, 7) is 2.44. The average Bonchev–Trinajstić information content (AvgIpc) is 3.52. The predicted octanol–water partition coefficient (Wildman–Crippen LogP) is 3.29. The Morgan fingerprint density at radius 2 is 1.77 bits per heavy atom. The fraction of sp³-hybridized carbons (Fsp3) is 0.333. The first-order chi connectivity index (χ1) is 12.6. The van der Waals surface area contributed by atoms with Gasteiger partial charge in [-0.2, -0.15) is 5.26 Å². The van der Waals surface area contributed by atoms with Crippen LogP contribution in [-0.2, 0) is 4.79 Å². The van der Waals surface area contributed by atoms with E-state index in [2.05, 4.69) is 16.7 Å². The van der Waals surface area contributed by atoms with Gasteiger partial charge in [-0.05, 0) is 55.2 Å². The van der Waals surface area contributed by atoms with E-state index in [1.807, 2.05) is 31.2 Å². The van der Waals surface area contributed by atoms with Crippen LogP contribution in [0.2, 0.25) is 0 Å². The molecule has 1 fully saturated rings. The van der Waals surface area contributed by atoms with Crippen molar-refractivity contribution >= 4 is 11.6 Å². The monoisotopic (exact) mass is 349 g/mol. The topological polar surface area (TPSA) is 85.2 Å². The second-order valence-corrected chi connectivity index (χ2v) is 6.77. The summed E-state index contributed by atoms with van der Waals surface area (Å²) in [4.78, 5) is 11.8. The molecule has 0 aromatic heterocycles. The summed E-state index contributed by atoms with van der Waals surface area (Å²) in [7, 11) is 0. The van der Waals surface area contributed by atoms with E-state index < -0.39 is 6.10 Å². The van der Waals surface area contributed by atoms with Gasteiger partial charge in [-0.1, -0.05) is 24.3 Å². The van der Waals surface area contributed by atoms with Gasteiger partial charge in [-0.3, -0.25) is 4.79 Å². The van der Waals surface area contributed by atoms with Gasteiger partial charge in [-0.25, -0.2) is 0 Å². The SMILES string of the molecule is CC(NCC(O)c1ccc(C#N)cc1)c1ccc(NC(=O)C2CC2)cc1. The van der Waals surface area contributed by atoms with Crippen molar-refractivity contribution in [1.29, 1.82) is 5.26 Å². The number of rotatable bonds is 7. The van der Waals surface area contributed by atoms with Gasteiger partial charge >= 0.3 is 0 Å². The number of hydrogen-bond acceptors (Lipinski definition) is 4. The van der Waals surface area contributed by atoms with Gasteiger partial charge in [0.25, 0.3) is 0 Å². The van der Waals surface area contributed by atoms with E-state index in [1.165, 1.54) is 0 Å². The van der Waals surface area contributed by atoms with Crippen molar-refractivity contribution in [3.05, 3.63) is 65.2 Å². The van der Waals surface area contributed by atoms with Gasteiger partial charge in [0.15, 0.2) is 0 Å². The number of nitrogens with one attached hydrogen (secondary N) is 2. The van der Waals surface area contributed by atoms with Gasteiger partial charge in [-0.15, -0.1) is 0 Å². The van der Waals surface area contributed by atoms with Crippen LogP contribution in [0.1, 0.15) is 48.6 Å². The zero-order chi connectivity index (χ0) is 18.5. The van der Waals surface area contributed by atoms with Crippen molar-refractivity contribution in [1.82, 2.24) is 5.32 Å². The van der Waals surface area contributed by atoms with Gasteiger partial charge in [0.2, 0.25) is 5.91 Å². The molecule has 3 N–H and O–H groups in total. The standard InChI is InChI=1S/C21H23N3O2/c1-14(23-13-20(25)17-4-2-15(12-22)3-5-17)16-8-10-19(11-9-16)24-21(26)18-6-7-18/h2-5,8-11,14,18,20,23,25H,6-7,13H2,1H3,(H,24,26). The summed E-state index contributed by atoms with van der Waals surface area (Å²) in [6, 6.07) is 16.9. The Morgan fingerprint density at radius 1 is 1.15 bits per heavy atom. The molecule has 1 amide bonds. The summed E-state index contributed by atoms with van der Waals surface area (Å²) in [5, 5.41) is 25.3. The van der Waals surface area contributed by atoms with Crippen molar-refractivity contribution in [2.24, 2.45) is 5.92 Å². The van der Waals surface area contributed by atoms with E-state index in [-0.39, 0.29) is 17.9 Å². The van der Waals surface area contributed by atoms with Crippen molar-refractivity contribution in [3.8, 4) is 6.07 Å². The number of anilines is 1. The maximum atomic E-state index is 11.8. The molecule has 0 bridgehead atoms. The molecule has 0 aliphatic heterocycles. The molecule has 1 aliphatic rings. The van der Waals surface area contributed by atoms with Crippen molar-refractivity contribution in [3.63, 3.8) is 0 Å². The molecule has 1 saturated carbocycles. The lowest BCUT2D eigenvalue weighted by atomic mass is 10.1. The number of nitriles is 1. The predicted molar refractivity (Wildman–Crippen MR) is 100 cm³/mol. The second-order valence-electron chi connectivity index (χ2n) is 6.77. The van der Waals surface area contributed by atoms with Crippen LogP contribution in [0.3, 0.4) is 0 Å². The Balaban J connectivity index is 1.51. The Labute approximate surface area is 153 Å². The molecule has 0 heterocycles. The lowest BCUT2D eigenvalue weighted by Gasteiger charge is -2.18. The Hall–Kier alpha value is -2.68. The van der Waals surface area contributed by atoms with Crippen LogP contribution in [0.5, 0.6) is 0 Å². The summed E-state index contributed by atoms with van der Waals surface area (Å²) >= 11 is 0. The second kappa shape index (κ2) is 8.13. The van der Waals surface area contributed by atoms with Crippen LogP contribution in [0.25, 0.3) is 0 Å². The highest BCUT2D eigenvalue weighted by atomic mass is 16.3.